The second-order valence-corrected chi connectivity index (χ2v) is 6.51. The molecule has 9 heteroatoms. The number of carbonyl (C=O) groups excluding carboxylic acids is 3. The molecule has 0 radical (unpaired) electrons. The summed E-state index contributed by atoms with van der Waals surface area (Å²) in [6.07, 6.45) is -0.557. The predicted octanol–water partition coefficient (Wildman–Crippen LogP) is 1.18. The summed E-state index contributed by atoms with van der Waals surface area (Å²) in [4.78, 5) is 47.6. The minimum absolute atomic E-state index is 0.0762. The topological polar surface area (TPSA) is 133 Å². The van der Waals surface area contributed by atoms with Gasteiger partial charge in [-0.25, -0.2) is 14.3 Å². The number of esters is 1. The van der Waals surface area contributed by atoms with Gasteiger partial charge in [0, 0.05) is 11.9 Å². The Kier molecular flexibility index (Phi) is 6.27. The second kappa shape index (κ2) is 8.43. The van der Waals surface area contributed by atoms with E-state index in [1.54, 1.807) is 24.3 Å². The Balaban J connectivity index is 2.39. The smallest absolute Gasteiger partial charge is 0.360 e. The Morgan fingerprint density at radius 2 is 1.81 bits per heavy atom. The van der Waals surface area contributed by atoms with Crippen molar-refractivity contribution in [2.24, 2.45) is 11.7 Å². The van der Waals surface area contributed by atoms with Crippen molar-refractivity contribution >= 4 is 28.7 Å². The van der Waals surface area contributed by atoms with Crippen LogP contribution in [0.2, 0.25) is 0 Å². The van der Waals surface area contributed by atoms with Crippen molar-refractivity contribution in [3.05, 3.63) is 40.3 Å². The first-order valence-electron chi connectivity index (χ1n) is 8.51. The molecule has 9 nitrogen and oxygen atoms in total. The lowest BCUT2D eigenvalue weighted by Crippen LogP contribution is -2.42. The molecule has 0 aliphatic heterocycles. The number of carbonyl (C=O) groups is 3. The quantitative estimate of drug-likeness (QED) is 0.730. The molecule has 0 saturated carbocycles. The minimum atomic E-state index is -1.26. The van der Waals surface area contributed by atoms with Gasteiger partial charge in [-0.2, -0.15) is 5.10 Å². The van der Waals surface area contributed by atoms with Crippen molar-refractivity contribution < 1.29 is 19.1 Å². The molecule has 3 amide bonds. The van der Waals surface area contributed by atoms with Crippen molar-refractivity contribution in [3.63, 3.8) is 0 Å². The van der Waals surface area contributed by atoms with E-state index in [2.05, 4.69) is 5.10 Å². The van der Waals surface area contributed by atoms with Crippen LogP contribution in [-0.4, -0.2) is 33.8 Å². The summed E-state index contributed by atoms with van der Waals surface area (Å²) < 4.78 is 6.32. The molecule has 27 heavy (non-hydrogen) atoms. The van der Waals surface area contributed by atoms with Crippen LogP contribution in [0.3, 0.4) is 0 Å². The van der Waals surface area contributed by atoms with Crippen LogP contribution in [0, 0.1) is 5.92 Å². The fourth-order valence-electron chi connectivity index (χ4n) is 2.41. The number of imide groups is 1. The zero-order valence-corrected chi connectivity index (χ0v) is 15.4. The highest BCUT2D eigenvalue weighted by Crippen LogP contribution is 2.15. The normalized spacial score (nSPS) is 12.0. The molecule has 0 bridgehead atoms. The molecule has 0 fully saturated rings. The van der Waals surface area contributed by atoms with Gasteiger partial charge in [-0.15, -0.1) is 0 Å². The van der Waals surface area contributed by atoms with E-state index in [0.717, 1.165) is 0 Å². The Hall–Kier alpha value is -3.23. The number of nitrogens with one attached hydrogen (secondary N) is 1. The molecule has 1 atom stereocenters. The van der Waals surface area contributed by atoms with E-state index >= 15 is 0 Å². The van der Waals surface area contributed by atoms with E-state index in [1.807, 2.05) is 19.2 Å². The SMILES string of the molecule is CC(C)CCn1nc(C(=O)O[C@@H](C)C(=O)NC(N)=O)c2ccccc2c1=O. The molecule has 144 valence electrons. The van der Waals surface area contributed by atoms with Gasteiger partial charge in [-0.05, 0) is 25.3 Å². The highest BCUT2D eigenvalue weighted by atomic mass is 16.5. The summed E-state index contributed by atoms with van der Waals surface area (Å²) in [5, 5.41) is 6.65. The third-order valence-electron chi connectivity index (χ3n) is 3.88. The average Bonchev–Trinajstić information content (AvgIpc) is 2.60. The number of hydrogen-bond acceptors (Lipinski definition) is 6. The van der Waals surface area contributed by atoms with E-state index in [4.69, 9.17) is 10.5 Å². The summed E-state index contributed by atoms with van der Waals surface area (Å²) in [6, 6.07) is 5.50. The Bertz CT molecular complexity index is 935. The molecular formula is C18H22N4O5. The zero-order chi connectivity index (χ0) is 20.1. The van der Waals surface area contributed by atoms with Crippen molar-refractivity contribution in [3.8, 4) is 0 Å². The average molecular weight is 374 g/mol. The van der Waals surface area contributed by atoms with Crippen LogP contribution in [0.5, 0.6) is 0 Å². The van der Waals surface area contributed by atoms with Crippen LogP contribution in [-0.2, 0) is 16.1 Å². The molecule has 1 heterocycles. The van der Waals surface area contributed by atoms with Gasteiger partial charge in [0.2, 0.25) is 0 Å². The molecule has 0 aliphatic rings. The first kappa shape index (κ1) is 20.1. The number of aryl methyl sites for hydroxylation is 1. The number of amides is 3. The number of primary amides is 1. The van der Waals surface area contributed by atoms with Crippen molar-refractivity contribution in [2.75, 3.05) is 0 Å². The van der Waals surface area contributed by atoms with Gasteiger partial charge in [0.15, 0.2) is 11.8 Å². The highest BCUT2D eigenvalue weighted by Gasteiger charge is 2.24. The molecule has 2 aromatic rings. The number of ether oxygens (including phenoxy) is 1. The standard InChI is InChI=1S/C18H22N4O5/c1-10(2)8-9-22-16(24)13-7-5-4-6-12(13)14(21-22)17(25)27-11(3)15(23)20-18(19)26/h4-7,10-11H,8-9H2,1-3H3,(H3,19,20,23,26)/t11-/m0/s1. The van der Waals surface area contributed by atoms with Crippen LogP contribution in [0.1, 0.15) is 37.7 Å². The third-order valence-corrected chi connectivity index (χ3v) is 3.88. The zero-order valence-electron chi connectivity index (χ0n) is 15.4. The van der Waals surface area contributed by atoms with Crippen molar-refractivity contribution in [2.45, 2.75) is 39.8 Å². The summed E-state index contributed by atoms with van der Waals surface area (Å²) in [5.74, 6) is -1.39. The van der Waals surface area contributed by atoms with Gasteiger partial charge in [-0.3, -0.25) is 14.9 Å². The van der Waals surface area contributed by atoms with Gasteiger partial charge in [0.25, 0.3) is 11.5 Å². The maximum Gasteiger partial charge on any atom is 0.360 e. The van der Waals surface area contributed by atoms with Crippen LogP contribution < -0.4 is 16.6 Å². The van der Waals surface area contributed by atoms with E-state index in [-0.39, 0.29) is 11.3 Å². The molecule has 0 aliphatic carbocycles. The number of benzene rings is 1. The number of urea groups is 1. The van der Waals surface area contributed by atoms with Crippen molar-refractivity contribution in [1.29, 1.82) is 0 Å². The highest BCUT2D eigenvalue weighted by molar-refractivity contribution is 6.03. The fraction of sp³-hybridized carbons (Fsp3) is 0.389. The molecule has 0 saturated heterocycles. The Morgan fingerprint density at radius 1 is 1.19 bits per heavy atom. The summed E-state index contributed by atoms with van der Waals surface area (Å²) in [6.45, 7) is 5.67. The van der Waals surface area contributed by atoms with Crippen LogP contribution >= 0.6 is 0 Å². The summed E-state index contributed by atoms with van der Waals surface area (Å²) in [5.41, 5.74) is 4.50. The first-order chi connectivity index (χ1) is 12.7. The largest absolute Gasteiger partial charge is 0.448 e. The van der Waals surface area contributed by atoms with Gasteiger partial charge < -0.3 is 10.5 Å². The lowest BCUT2D eigenvalue weighted by molar-refractivity contribution is -0.127. The monoisotopic (exact) mass is 374 g/mol. The Labute approximate surface area is 155 Å². The van der Waals surface area contributed by atoms with Crippen LogP contribution in [0.4, 0.5) is 4.79 Å². The number of nitrogens with two attached hydrogens (primary N) is 1. The third kappa shape index (κ3) is 4.90. The maximum atomic E-state index is 12.6. The second-order valence-electron chi connectivity index (χ2n) is 6.51. The number of aromatic nitrogens is 2. The molecule has 3 N–H and O–H groups in total. The van der Waals surface area contributed by atoms with E-state index in [0.29, 0.717) is 29.7 Å². The maximum absolute atomic E-state index is 12.6. The van der Waals surface area contributed by atoms with Gasteiger partial charge in [-0.1, -0.05) is 32.0 Å². The summed E-state index contributed by atoms with van der Waals surface area (Å²) >= 11 is 0. The molecule has 1 aromatic heterocycles. The van der Waals surface area contributed by atoms with Gasteiger partial charge in [0.1, 0.15) is 0 Å². The predicted molar refractivity (Wildman–Crippen MR) is 98.1 cm³/mol. The number of nitrogens with zero attached hydrogens (tertiary/aromatic N) is 2. The number of rotatable bonds is 6. The Morgan fingerprint density at radius 3 is 2.41 bits per heavy atom. The van der Waals surface area contributed by atoms with Gasteiger partial charge in [0.05, 0.1) is 5.39 Å². The fourth-order valence-corrected chi connectivity index (χ4v) is 2.41. The van der Waals surface area contributed by atoms with E-state index < -0.39 is 24.0 Å². The van der Waals surface area contributed by atoms with Crippen LogP contribution in [0.25, 0.3) is 10.8 Å². The number of hydrogen-bond donors (Lipinski definition) is 2. The molecular weight excluding hydrogens is 352 g/mol. The molecule has 2 rings (SSSR count). The first-order valence-corrected chi connectivity index (χ1v) is 8.51. The van der Waals surface area contributed by atoms with E-state index in [1.165, 1.54) is 11.6 Å². The van der Waals surface area contributed by atoms with Crippen LogP contribution in [0.15, 0.2) is 29.1 Å². The number of fused-ring (bicyclic) bond motifs is 1. The molecule has 1 aromatic carbocycles. The summed E-state index contributed by atoms with van der Waals surface area (Å²) in [7, 11) is 0. The van der Waals surface area contributed by atoms with Gasteiger partial charge >= 0.3 is 12.0 Å². The molecule has 0 spiro atoms. The van der Waals surface area contributed by atoms with Crippen molar-refractivity contribution in [1.82, 2.24) is 15.1 Å². The lowest BCUT2D eigenvalue weighted by atomic mass is 10.1. The lowest BCUT2D eigenvalue weighted by Gasteiger charge is -2.14. The molecule has 0 unspecified atom stereocenters. The van der Waals surface area contributed by atoms with E-state index in [9.17, 15) is 19.2 Å². The minimum Gasteiger partial charge on any atom is -0.448 e.